The minimum Gasteiger partial charge on any atom is -0.495 e. The van der Waals surface area contributed by atoms with Crippen LogP contribution in [0.3, 0.4) is 0 Å². The van der Waals surface area contributed by atoms with E-state index in [-0.39, 0.29) is 24.9 Å². The Kier molecular flexibility index (Phi) is 7.45. The minimum atomic E-state index is -0.289. The second-order valence-corrected chi connectivity index (χ2v) is 6.25. The number of amides is 2. The molecule has 7 nitrogen and oxygen atoms in total. The van der Waals surface area contributed by atoms with Gasteiger partial charge in [-0.1, -0.05) is 23.7 Å². The van der Waals surface area contributed by atoms with Crippen LogP contribution in [-0.4, -0.2) is 51.1 Å². The Balaban J connectivity index is 1.89. The summed E-state index contributed by atoms with van der Waals surface area (Å²) >= 11 is 5.95. The molecular formula is C19H22ClN3O4. The fourth-order valence-corrected chi connectivity index (χ4v) is 2.62. The van der Waals surface area contributed by atoms with Gasteiger partial charge in [-0.15, -0.1) is 0 Å². The van der Waals surface area contributed by atoms with E-state index in [0.717, 1.165) is 0 Å². The number of nitrogens with zero attached hydrogens (tertiary/aromatic N) is 1. The molecule has 8 heteroatoms. The second kappa shape index (κ2) is 9.80. The Labute approximate surface area is 163 Å². The van der Waals surface area contributed by atoms with Crippen molar-refractivity contribution >= 4 is 34.8 Å². The summed E-state index contributed by atoms with van der Waals surface area (Å²) in [5, 5.41) is 5.98. The van der Waals surface area contributed by atoms with E-state index in [2.05, 4.69) is 10.6 Å². The molecule has 0 aromatic heterocycles. The summed E-state index contributed by atoms with van der Waals surface area (Å²) in [5.41, 5.74) is 1.05. The number of methoxy groups -OCH3 is 2. The van der Waals surface area contributed by atoms with Crippen LogP contribution in [0.25, 0.3) is 0 Å². The van der Waals surface area contributed by atoms with E-state index in [1.807, 2.05) is 6.07 Å². The number of likely N-dealkylation sites (N-methyl/N-ethyl adjacent to an activating group) is 1. The largest absolute Gasteiger partial charge is 0.495 e. The molecule has 0 aliphatic carbocycles. The van der Waals surface area contributed by atoms with Gasteiger partial charge in [-0.25, -0.2) is 0 Å². The standard InChI is InChI=1S/C19H22ClN3O4/c1-23(11-18(24)21-14-6-4-5-7-16(14)26-2)12-19(25)22-15-10-13(20)8-9-17(15)27-3/h4-10H,11-12H2,1-3H3,(H,21,24)(H,22,25). The zero-order valence-electron chi connectivity index (χ0n) is 15.4. The highest BCUT2D eigenvalue weighted by molar-refractivity contribution is 6.31. The Bertz CT molecular complexity index is 813. The quantitative estimate of drug-likeness (QED) is 0.723. The van der Waals surface area contributed by atoms with Crippen LogP contribution < -0.4 is 20.1 Å². The number of hydrogen-bond acceptors (Lipinski definition) is 5. The summed E-state index contributed by atoms with van der Waals surface area (Å²) in [6, 6.07) is 12.1. The summed E-state index contributed by atoms with van der Waals surface area (Å²) in [7, 11) is 4.72. The maximum absolute atomic E-state index is 12.2. The van der Waals surface area contributed by atoms with Gasteiger partial charge in [-0.05, 0) is 37.4 Å². The summed E-state index contributed by atoms with van der Waals surface area (Å²) < 4.78 is 10.4. The molecule has 27 heavy (non-hydrogen) atoms. The number of benzene rings is 2. The summed E-state index contributed by atoms with van der Waals surface area (Å²) in [5.74, 6) is 0.530. The van der Waals surface area contributed by atoms with E-state index < -0.39 is 0 Å². The maximum Gasteiger partial charge on any atom is 0.238 e. The SMILES string of the molecule is COc1ccccc1NC(=O)CN(C)CC(=O)Nc1cc(Cl)ccc1OC. The van der Waals surface area contributed by atoms with Crippen LogP contribution in [0.4, 0.5) is 11.4 Å². The zero-order valence-corrected chi connectivity index (χ0v) is 16.2. The van der Waals surface area contributed by atoms with E-state index in [4.69, 9.17) is 21.1 Å². The van der Waals surface area contributed by atoms with Crippen molar-refractivity contribution in [3.63, 3.8) is 0 Å². The fraction of sp³-hybridized carbons (Fsp3) is 0.263. The Morgan fingerprint density at radius 2 is 1.48 bits per heavy atom. The van der Waals surface area contributed by atoms with Gasteiger partial charge in [-0.3, -0.25) is 14.5 Å². The van der Waals surface area contributed by atoms with Gasteiger partial charge in [0.25, 0.3) is 0 Å². The van der Waals surface area contributed by atoms with Crippen LogP contribution in [0.2, 0.25) is 5.02 Å². The molecule has 0 fully saturated rings. The van der Waals surface area contributed by atoms with Crippen molar-refractivity contribution in [1.82, 2.24) is 4.90 Å². The number of rotatable bonds is 8. The van der Waals surface area contributed by atoms with Crippen molar-refractivity contribution in [2.24, 2.45) is 0 Å². The van der Waals surface area contributed by atoms with Crippen molar-refractivity contribution in [2.75, 3.05) is 45.0 Å². The molecule has 2 amide bonds. The van der Waals surface area contributed by atoms with Crippen molar-refractivity contribution in [3.05, 3.63) is 47.5 Å². The molecule has 2 aromatic carbocycles. The molecule has 0 unspecified atom stereocenters. The Morgan fingerprint density at radius 1 is 0.926 bits per heavy atom. The third kappa shape index (κ3) is 6.16. The van der Waals surface area contributed by atoms with E-state index in [0.29, 0.717) is 27.9 Å². The van der Waals surface area contributed by atoms with Crippen LogP contribution in [0.1, 0.15) is 0 Å². The van der Waals surface area contributed by atoms with Crippen molar-refractivity contribution in [1.29, 1.82) is 0 Å². The average Bonchev–Trinajstić information content (AvgIpc) is 2.62. The third-order valence-corrected chi connectivity index (χ3v) is 3.88. The minimum absolute atomic E-state index is 0.0228. The molecule has 0 bridgehead atoms. The van der Waals surface area contributed by atoms with E-state index in [9.17, 15) is 9.59 Å². The topological polar surface area (TPSA) is 79.9 Å². The first-order chi connectivity index (χ1) is 12.9. The highest BCUT2D eigenvalue weighted by Gasteiger charge is 2.14. The van der Waals surface area contributed by atoms with Gasteiger partial charge in [0.05, 0.1) is 38.7 Å². The van der Waals surface area contributed by atoms with E-state index >= 15 is 0 Å². The molecule has 0 saturated heterocycles. The molecule has 144 valence electrons. The number of para-hydroxylation sites is 2. The van der Waals surface area contributed by atoms with Crippen LogP contribution in [0, 0.1) is 0 Å². The summed E-state index contributed by atoms with van der Waals surface area (Å²) in [4.78, 5) is 26.0. The van der Waals surface area contributed by atoms with Gasteiger partial charge in [-0.2, -0.15) is 0 Å². The van der Waals surface area contributed by atoms with Crippen molar-refractivity contribution in [3.8, 4) is 11.5 Å². The van der Waals surface area contributed by atoms with Gasteiger partial charge in [0.2, 0.25) is 11.8 Å². The molecule has 0 spiro atoms. The van der Waals surface area contributed by atoms with E-state index in [1.54, 1.807) is 48.3 Å². The number of nitrogens with one attached hydrogen (secondary N) is 2. The van der Waals surface area contributed by atoms with Crippen molar-refractivity contribution < 1.29 is 19.1 Å². The molecule has 0 heterocycles. The highest BCUT2D eigenvalue weighted by Crippen LogP contribution is 2.27. The molecule has 0 aliphatic rings. The predicted molar refractivity (Wildman–Crippen MR) is 106 cm³/mol. The number of halogens is 1. The Morgan fingerprint density at radius 3 is 2.11 bits per heavy atom. The van der Waals surface area contributed by atoms with Crippen LogP contribution in [0.15, 0.2) is 42.5 Å². The normalized spacial score (nSPS) is 10.4. The molecule has 0 aliphatic heterocycles. The first-order valence-electron chi connectivity index (χ1n) is 8.17. The number of hydrogen-bond donors (Lipinski definition) is 2. The van der Waals surface area contributed by atoms with Gasteiger partial charge in [0.1, 0.15) is 11.5 Å². The zero-order chi connectivity index (χ0) is 19.8. The summed E-state index contributed by atoms with van der Waals surface area (Å²) in [6.07, 6.45) is 0. The smallest absolute Gasteiger partial charge is 0.238 e. The fourth-order valence-electron chi connectivity index (χ4n) is 2.45. The van der Waals surface area contributed by atoms with Gasteiger partial charge < -0.3 is 20.1 Å². The predicted octanol–water partition coefficient (Wildman–Crippen LogP) is 2.87. The first-order valence-corrected chi connectivity index (χ1v) is 8.55. The van der Waals surface area contributed by atoms with Gasteiger partial charge in [0.15, 0.2) is 0 Å². The average molecular weight is 392 g/mol. The second-order valence-electron chi connectivity index (χ2n) is 5.81. The lowest BCUT2D eigenvalue weighted by atomic mass is 10.3. The van der Waals surface area contributed by atoms with Crippen LogP contribution >= 0.6 is 11.6 Å². The summed E-state index contributed by atoms with van der Waals surface area (Å²) in [6.45, 7) is 0.0627. The lowest BCUT2D eigenvalue weighted by Gasteiger charge is -2.17. The molecule has 2 rings (SSSR count). The molecule has 0 saturated carbocycles. The lowest BCUT2D eigenvalue weighted by molar-refractivity contribution is -0.119. The van der Waals surface area contributed by atoms with Gasteiger partial charge in [0, 0.05) is 5.02 Å². The third-order valence-electron chi connectivity index (χ3n) is 3.64. The maximum atomic E-state index is 12.2. The molecule has 0 atom stereocenters. The molecular weight excluding hydrogens is 370 g/mol. The molecule has 0 radical (unpaired) electrons. The Hall–Kier alpha value is -2.77. The number of anilines is 2. The number of ether oxygens (including phenoxy) is 2. The highest BCUT2D eigenvalue weighted by atomic mass is 35.5. The van der Waals surface area contributed by atoms with Crippen LogP contribution in [-0.2, 0) is 9.59 Å². The number of carbonyl (C=O) groups is 2. The monoisotopic (exact) mass is 391 g/mol. The van der Waals surface area contributed by atoms with Crippen molar-refractivity contribution in [2.45, 2.75) is 0 Å². The van der Waals surface area contributed by atoms with Gasteiger partial charge >= 0.3 is 0 Å². The molecule has 2 aromatic rings. The lowest BCUT2D eigenvalue weighted by Crippen LogP contribution is -2.36. The van der Waals surface area contributed by atoms with E-state index in [1.165, 1.54) is 14.2 Å². The molecule has 2 N–H and O–H groups in total. The first kappa shape index (κ1) is 20.5. The van der Waals surface area contributed by atoms with Crippen LogP contribution in [0.5, 0.6) is 11.5 Å². The number of carbonyl (C=O) groups excluding carboxylic acids is 2.